The van der Waals surface area contributed by atoms with Crippen LogP contribution < -0.4 is 0 Å². The molecule has 10 nitrogen and oxygen atoms in total. The van der Waals surface area contributed by atoms with Gasteiger partial charge in [-0.25, -0.2) is 9.97 Å². The molecule has 0 bridgehead atoms. The van der Waals surface area contributed by atoms with Crippen LogP contribution in [0.2, 0.25) is 0 Å². The highest BCUT2D eigenvalue weighted by atomic mass is 15.2. The third-order valence-corrected chi connectivity index (χ3v) is 21.6. The summed E-state index contributed by atoms with van der Waals surface area (Å²) >= 11 is 0. The minimum absolute atomic E-state index is 0.570. The number of nitrogens with zero attached hydrogens (tertiary/aromatic N) is 10. The first kappa shape index (κ1) is 65.1. The molecule has 0 unspecified atom stereocenters. The van der Waals surface area contributed by atoms with Gasteiger partial charge in [-0.15, -0.1) is 0 Å². The molecule has 10 heteroatoms. The van der Waals surface area contributed by atoms with Gasteiger partial charge in [0.15, 0.2) is 23.3 Å². The lowest BCUT2D eigenvalue weighted by molar-refractivity contribution is 0.953. The number of hydrogen-bond acceptors (Lipinski definition) is 6. The van der Waals surface area contributed by atoms with Crippen LogP contribution >= 0.6 is 0 Å². The monoisotopic (exact) mass is 1430 g/mol. The van der Waals surface area contributed by atoms with E-state index < -0.39 is 0 Å². The van der Waals surface area contributed by atoms with Gasteiger partial charge in [-0.2, -0.15) is 19.9 Å². The summed E-state index contributed by atoms with van der Waals surface area (Å²) in [4.78, 5) is 30.7. The van der Waals surface area contributed by atoms with E-state index >= 15 is 0 Å². The molecule has 0 saturated carbocycles. The Morgan fingerprint density at radius 1 is 0.134 bits per heavy atom. The zero-order valence-electron chi connectivity index (χ0n) is 60.6. The van der Waals surface area contributed by atoms with Gasteiger partial charge in [0.1, 0.15) is 0 Å². The maximum Gasteiger partial charge on any atom is 0.238 e. The Bertz CT molecular complexity index is 7280. The molecule has 0 aliphatic carbocycles. The van der Waals surface area contributed by atoms with Gasteiger partial charge < -0.3 is 9.13 Å². The molecule has 0 N–H and O–H groups in total. The highest BCUT2D eigenvalue weighted by Crippen LogP contribution is 2.42. The summed E-state index contributed by atoms with van der Waals surface area (Å²) in [5.74, 6) is 3.67. The number of hydrogen-bond donors (Lipinski definition) is 0. The molecule has 22 aromatic rings. The van der Waals surface area contributed by atoms with Crippen LogP contribution in [0.5, 0.6) is 0 Å². The van der Waals surface area contributed by atoms with Crippen molar-refractivity contribution in [2.45, 2.75) is 0 Å². The predicted molar refractivity (Wildman–Crippen MR) is 460 cm³/mol. The molecule has 0 atom stereocenters. The Labute approximate surface area is 645 Å². The second kappa shape index (κ2) is 27.5. The summed E-state index contributed by atoms with van der Waals surface area (Å²) in [5, 5.41) is 9.49. The van der Waals surface area contributed by atoms with Crippen molar-refractivity contribution in [3.05, 3.63) is 400 Å². The zero-order chi connectivity index (χ0) is 74.0. The molecule has 112 heavy (non-hydrogen) atoms. The van der Waals surface area contributed by atoms with Gasteiger partial charge in [-0.3, -0.25) is 9.13 Å². The molecule has 22 rings (SSSR count). The van der Waals surface area contributed by atoms with Gasteiger partial charge in [0.2, 0.25) is 11.9 Å². The summed E-state index contributed by atoms with van der Waals surface area (Å²) in [6.45, 7) is 0. The van der Waals surface area contributed by atoms with Gasteiger partial charge >= 0.3 is 0 Å². The molecular formula is C102H66N10. The predicted octanol–water partition coefficient (Wildman–Crippen LogP) is 25.5. The van der Waals surface area contributed by atoms with Gasteiger partial charge in [0.25, 0.3) is 0 Å². The number of fused-ring (bicyclic) bond motifs is 12. The van der Waals surface area contributed by atoms with E-state index in [0.29, 0.717) is 35.2 Å². The van der Waals surface area contributed by atoms with Crippen molar-refractivity contribution in [2.75, 3.05) is 0 Å². The lowest BCUT2D eigenvalue weighted by atomic mass is 9.99. The summed E-state index contributed by atoms with van der Waals surface area (Å²) in [6, 6.07) is 141. The summed E-state index contributed by atoms with van der Waals surface area (Å²) in [5.41, 5.74) is 24.2. The Kier molecular flexibility index (Phi) is 16.0. The van der Waals surface area contributed by atoms with Crippen LogP contribution in [0.3, 0.4) is 0 Å². The van der Waals surface area contributed by atoms with E-state index in [-0.39, 0.29) is 0 Å². The summed E-state index contributed by atoms with van der Waals surface area (Å²) in [7, 11) is 0. The molecule has 0 amide bonds. The van der Waals surface area contributed by atoms with Crippen LogP contribution in [-0.2, 0) is 0 Å². The van der Waals surface area contributed by atoms with Crippen molar-refractivity contribution >= 4 is 87.2 Å². The lowest BCUT2D eigenvalue weighted by Crippen LogP contribution is -2.06. The Balaban J connectivity index is 0.000000145. The molecule has 0 saturated heterocycles. The second-order valence-corrected chi connectivity index (χ2v) is 28.2. The third-order valence-electron chi connectivity index (χ3n) is 21.6. The van der Waals surface area contributed by atoms with E-state index in [0.717, 1.165) is 105 Å². The second-order valence-electron chi connectivity index (χ2n) is 28.2. The van der Waals surface area contributed by atoms with Crippen LogP contribution in [0, 0.1) is 0 Å². The molecule has 6 aromatic heterocycles. The van der Waals surface area contributed by atoms with Gasteiger partial charge in [-0.05, 0) is 148 Å². The van der Waals surface area contributed by atoms with Crippen molar-refractivity contribution < 1.29 is 0 Å². The first-order valence-corrected chi connectivity index (χ1v) is 37.7. The fourth-order valence-electron chi connectivity index (χ4n) is 16.3. The fourth-order valence-corrected chi connectivity index (χ4v) is 16.3. The minimum atomic E-state index is 0.570. The van der Waals surface area contributed by atoms with E-state index in [1.165, 1.54) is 60.3 Å². The third kappa shape index (κ3) is 11.5. The van der Waals surface area contributed by atoms with E-state index in [1.807, 2.05) is 84.9 Å². The quantitative estimate of drug-likeness (QED) is 0.121. The zero-order valence-corrected chi connectivity index (χ0v) is 60.6. The van der Waals surface area contributed by atoms with Crippen LogP contribution in [0.15, 0.2) is 400 Å². The van der Waals surface area contributed by atoms with E-state index in [9.17, 15) is 0 Å². The van der Waals surface area contributed by atoms with Crippen LogP contribution in [0.4, 0.5) is 0 Å². The van der Waals surface area contributed by atoms with Crippen molar-refractivity contribution in [1.82, 2.24) is 48.2 Å². The SMILES string of the molecule is c1ccc(-c2ccc(-c3cccc(-c4nc(-c5ccccc5)nc(-n5c6ccccc6c6cc(-c7ccc8c(c7)c7ccccc7n8-c7ccccc7)ccc65)n4)c3)cc2)cc1.c1ccc(-c2nc(-c3ccccc3)nc(-n3c4ccccc4c4cc(-c5ccc6c(c5)c5ccccc5n6-c5ccccc5)ccc43)n2)cc1. The number of para-hydroxylation sites is 6. The Morgan fingerprint density at radius 2 is 0.357 bits per heavy atom. The number of aromatic nitrogens is 10. The lowest BCUT2D eigenvalue weighted by Gasteiger charge is -2.12. The highest BCUT2D eigenvalue weighted by molar-refractivity contribution is 6.15. The average molecular weight is 1430 g/mol. The normalized spacial score (nSPS) is 11.6. The molecular weight excluding hydrogens is 1370 g/mol. The molecule has 524 valence electrons. The van der Waals surface area contributed by atoms with Crippen molar-refractivity contribution in [1.29, 1.82) is 0 Å². The molecule has 16 aromatic carbocycles. The number of rotatable bonds is 12. The topological polar surface area (TPSA) is 97.1 Å². The van der Waals surface area contributed by atoms with Crippen molar-refractivity contribution in [2.24, 2.45) is 0 Å². The maximum absolute atomic E-state index is 5.27. The van der Waals surface area contributed by atoms with Crippen molar-refractivity contribution in [3.8, 4) is 113 Å². The molecule has 0 aliphatic rings. The molecule has 0 spiro atoms. The van der Waals surface area contributed by atoms with E-state index in [1.54, 1.807) is 0 Å². The Morgan fingerprint density at radius 3 is 0.705 bits per heavy atom. The van der Waals surface area contributed by atoms with Gasteiger partial charge in [-0.1, -0.05) is 297 Å². The highest BCUT2D eigenvalue weighted by Gasteiger charge is 2.23. The average Bonchev–Trinajstić information content (AvgIpc) is 1.58. The standard InChI is InChI=1S/C57H37N5.C45H29N5/c1-4-15-38(16-5-1)39-27-29-40(30-28-39)42-19-14-20-45(35-42)56-58-55(41-17-6-2-7-18-41)59-57(60-56)62-52-26-13-11-24-48(52)50-37-44(32-34-54(50)62)43-31-33-53-49(36-43)47-23-10-12-25-51(47)61(53)46-21-8-3-9-22-46;1-4-14-30(15-5-1)43-46-44(31-16-6-2-7-17-31)48-45(47-43)50-40-23-13-11-21-36(40)38-29-33(25-27-42(38)50)32-24-26-41-37(28-32)35-20-10-12-22-39(35)49(41)34-18-8-3-9-19-34/h1-37H;1-29H. The molecule has 0 radical (unpaired) electrons. The van der Waals surface area contributed by atoms with E-state index in [2.05, 4.69) is 334 Å². The summed E-state index contributed by atoms with van der Waals surface area (Å²) in [6.07, 6.45) is 0. The van der Waals surface area contributed by atoms with Crippen LogP contribution in [0.25, 0.3) is 201 Å². The molecule has 0 aliphatic heterocycles. The Hall–Kier alpha value is -15.3. The fraction of sp³-hybridized carbons (Fsp3) is 0. The summed E-state index contributed by atoms with van der Waals surface area (Å²) < 4.78 is 9.07. The number of benzene rings is 16. The minimum Gasteiger partial charge on any atom is -0.309 e. The smallest absolute Gasteiger partial charge is 0.238 e. The maximum atomic E-state index is 5.27. The molecule has 6 heterocycles. The van der Waals surface area contributed by atoms with Crippen LogP contribution in [-0.4, -0.2) is 48.2 Å². The van der Waals surface area contributed by atoms with Crippen LogP contribution in [0.1, 0.15) is 0 Å². The first-order chi connectivity index (χ1) is 55.5. The van der Waals surface area contributed by atoms with Gasteiger partial charge in [0.05, 0.1) is 44.1 Å². The van der Waals surface area contributed by atoms with E-state index in [4.69, 9.17) is 29.9 Å². The molecule has 0 fully saturated rings. The van der Waals surface area contributed by atoms with Gasteiger partial charge in [0, 0.05) is 76.7 Å². The van der Waals surface area contributed by atoms with Crippen molar-refractivity contribution in [3.63, 3.8) is 0 Å². The first-order valence-electron chi connectivity index (χ1n) is 37.7. The largest absolute Gasteiger partial charge is 0.309 e.